The fraction of sp³-hybridized carbons (Fsp3) is 0.378. The number of fused-ring (bicyclic) bond motifs is 2. The molecule has 4 heteroatoms. The van der Waals surface area contributed by atoms with E-state index in [-0.39, 0.29) is 12.7 Å². The summed E-state index contributed by atoms with van der Waals surface area (Å²) in [5.74, 6) is -0.742. The van der Waals surface area contributed by atoms with Crippen LogP contribution >= 0.6 is 17.0 Å². The number of hydrogen-bond acceptors (Lipinski definition) is 0. The normalized spacial score (nSPS) is 18.9. The van der Waals surface area contributed by atoms with Crippen molar-refractivity contribution in [3.8, 4) is 22.3 Å². The number of halogens is 2. The van der Waals surface area contributed by atoms with E-state index in [1.165, 1.54) is 66.8 Å². The van der Waals surface area contributed by atoms with Crippen molar-refractivity contribution in [1.29, 1.82) is 0 Å². The predicted octanol–water partition coefficient (Wildman–Crippen LogP) is 14.5. The van der Waals surface area contributed by atoms with Gasteiger partial charge in [-0.05, 0) is 0 Å². The van der Waals surface area contributed by atoms with Gasteiger partial charge in [0.15, 0.2) is 0 Å². The molecule has 0 N–H and O–H groups in total. The Hall–Kier alpha value is -1.96. The summed E-state index contributed by atoms with van der Waals surface area (Å²) in [6, 6.07) is 32.2. The molecule has 0 heterocycles. The predicted molar refractivity (Wildman–Crippen MR) is 218 cm³/mol. The number of allylic oxidation sites excluding steroid dienone is 2. The van der Waals surface area contributed by atoms with E-state index in [2.05, 4.69) is 166 Å². The molecule has 0 saturated heterocycles. The number of rotatable bonds is 9. The van der Waals surface area contributed by atoms with Crippen LogP contribution in [-0.2, 0) is 21.0 Å². The van der Waals surface area contributed by atoms with E-state index in [0.29, 0.717) is 11.8 Å². The zero-order chi connectivity index (χ0) is 35.5. The molecule has 0 aromatic heterocycles. The second-order valence-corrected chi connectivity index (χ2v) is 59.0. The van der Waals surface area contributed by atoms with Crippen LogP contribution in [0.15, 0.2) is 96.1 Å². The summed E-state index contributed by atoms with van der Waals surface area (Å²) < 4.78 is 0.194. The molecule has 4 aromatic carbocycles. The molecule has 0 amide bonds. The fourth-order valence-corrected chi connectivity index (χ4v) is 40.2. The molecule has 0 radical (unpaired) electrons. The van der Waals surface area contributed by atoms with Gasteiger partial charge in [-0.15, -0.1) is 0 Å². The van der Waals surface area contributed by atoms with Gasteiger partial charge in [-0.2, -0.15) is 0 Å². The van der Waals surface area contributed by atoms with E-state index in [0.717, 1.165) is 12.8 Å². The second-order valence-electron chi connectivity index (χ2n) is 16.5. The standard InChI is InChI=1S/C23H27.C20H21.C2H7Si.2ClH.Zr/c1-6-16(2)19-14-18-8-7-9-21(22(18)15-19)17-10-12-20(13-11-17)23(3,4)5;1-4-15-12-18-6-5-7-19(20(18)13-15)17-10-8-16(9-11-17)14(2)3;1-3-2;;;/h7-16H,6H2,1-5H3;5-14H,4H2,1-3H3;3H,1-2H3;2*1H;/q;;;;;+2/p-2. The number of hydrogen-bond donors (Lipinski definition) is 0. The van der Waals surface area contributed by atoms with E-state index in [1.807, 2.05) is 0 Å². The molecule has 0 aliphatic heterocycles. The molecule has 0 saturated carbocycles. The third-order valence-electron chi connectivity index (χ3n) is 12.0. The van der Waals surface area contributed by atoms with Gasteiger partial charge in [0.2, 0.25) is 0 Å². The van der Waals surface area contributed by atoms with Gasteiger partial charge >= 0.3 is 308 Å². The van der Waals surface area contributed by atoms with E-state index in [4.69, 9.17) is 17.0 Å². The van der Waals surface area contributed by atoms with Gasteiger partial charge in [0.25, 0.3) is 0 Å². The maximum absolute atomic E-state index is 8.75. The van der Waals surface area contributed by atoms with Crippen LogP contribution in [0.1, 0.15) is 115 Å². The van der Waals surface area contributed by atoms with Gasteiger partial charge in [-0.1, -0.05) is 0 Å². The Morgan fingerprint density at radius 3 is 1.67 bits per heavy atom. The first-order valence-electron chi connectivity index (χ1n) is 18.6. The van der Waals surface area contributed by atoms with Crippen LogP contribution in [0.4, 0.5) is 0 Å². The molecule has 257 valence electrons. The maximum atomic E-state index is 8.75. The van der Waals surface area contributed by atoms with Crippen LogP contribution in [0.5, 0.6) is 0 Å². The summed E-state index contributed by atoms with van der Waals surface area (Å²) in [5, 5.41) is 0. The summed E-state index contributed by atoms with van der Waals surface area (Å²) in [7, 11) is 17.5. The van der Waals surface area contributed by atoms with Gasteiger partial charge in [0.1, 0.15) is 0 Å². The van der Waals surface area contributed by atoms with E-state index in [9.17, 15) is 0 Å². The van der Waals surface area contributed by atoms with Crippen LogP contribution in [0.2, 0.25) is 13.1 Å². The zero-order valence-corrected chi connectivity index (χ0v) is 36.4. The van der Waals surface area contributed by atoms with Gasteiger partial charge in [-0.3, -0.25) is 0 Å². The summed E-state index contributed by atoms with van der Waals surface area (Å²) in [4.78, 5) is 0. The third-order valence-corrected chi connectivity index (χ3v) is 63.8. The zero-order valence-electron chi connectivity index (χ0n) is 31.3. The number of benzene rings is 4. The van der Waals surface area contributed by atoms with Crippen molar-refractivity contribution in [3.63, 3.8) is 0 Å². The second kappa shape index (κ2) is 13.5. The molecular formula is C45H55Cl2SiZr. The van der Waals surface area contributed by atoms with Crippen molar-refractivity contribution < 1.29 is 15.6 Å². The Labute approximate surface area is 305 Å². The van der Waals surface area contributed by atoms with Crippen molar-refractivity contribution in [1.82, 2.24) is 0 Å². The first-order valence-corrected chi connectivity index (χ1v) is 34.9. The van der Waals surface area contributed by atoms with E-state index < -0.39 is 21.5 Å². The first-order chi connectivity index (χ1) is 23.1. The van der Waals surface area contributed by atoms with Crippen molar-refractivity contribution in [3.05, 3.63) is 129 Å². The Bertz CT molecular complexity index is 1920. The fourth-order valence-electron chi connectivity index (χ4n) is 8.66. The molecule has 0 nitrogen and oxygen atoms in total. The minimum atomic E-state index is -4.86. The van der Waals surface area contributed by atoms with Gasteiger partial charge in [0, 0.05) is 0 Å². The van der Waals surface area contributed by atoms with Gasteiger partial charge in [-0.25, -0.2) is 0 Å². The summed E-state index contributed by atoms with van der Waals surface area (Å²) in [5.41, 5.74) is 16.3. The van der Waals surface area contributed by atoms with Gasteiger partial charge in [0.05, 0.1) is 0 Å². The van der Waals surface area contributed by atoms with Crippen LogP contribution in [-0.4, -0.2) is 5.92 Å². The van der Waals surface area contributed by atoms with Crippen LogP contribution in [0.25, 0.3) is 34.4 Å². The quantitative estimate of drug-likeness (QED) is 0.148. The summed E-state index contributed by atoms with van der Waals surface area (Å²) >= 11 is -4.86. The molecule has 2 aliphatic carbocycles. The molecule has 0 fully saturated rings. The van der Waals surface area contributed by atoms with Crippen molar-refractivity contribution >= 4 is 35.1 Å². The average molecular weight is 786 g/mol. The third kappa shape index (κ3) is 6.20. The molecule has 49 heavy (non-hydrogen) atoms. The molecule has 3 unspecified atom stereocenters. The molecule has 6 rings (SSSR count). The SMILES string of the molecule is CCC1=Cc2c(-c3ccc(C(C)C)cc3)cccc2[CH]1[Zr]([Cl])([Cl])([CH]1C(C(C)CC)=Cc2c(-c3ccc(C(C)(C)C)cc3)cccc21)[SiH](C)C. The van der Waals surface area contributed by atoms with Crippen LogP contribution in [0, 0.1) is 5.92 Å². The summed E-state index contributed by atoms with van der Waals surface area (Å²) in [6.45, 7) is 23.3. The average Bonchev–Trinajstić information content (AvgIpc) is 3.68. The topological polar surface area (TPSA) is 0 Å². The molecular weight excluding hydrogens is 731 g/mol. The molecule has 0 bridgehead atoms. The molecule has 4 aromatic rings. The Kier molecular flexibility index (Phi) is 10.2. The minimum absolute atomic E-state index is 0.0927. The Morgan fingerprint density at radius 1 is 0.694 bits per heavy atom. The van der Waals surface area contributed by atoms with E-state index >= 15 is 0 Å². The van der Waals surface area contributed by atoms with E-state index in [1.54, 1.807) is 0 Å². The first kappa shape index (κ1) is 36.8. The van der Waals surface area contributed by atoms with Crippen LogP contribution in [0.3, 0.4) is 0 Å². The Morgan fingerprint density at radius 2 is 1.20 bits per heavy atom. The Balaban J connectivity index is 1.55. The van der Waals surface area contributed by atoms with Crippen LogP contribution < -0.4 is 0 Å². The van der Waals surface area contributed by atoms with Crippen molar-refractivity contribution in [2.45, 2.75) is 99.9 Å². The molecule has 0 spiro atoms. The monoisotopic (exact) mass is 783 g/mol. The van der Waals surface area contributed by atoms with Crippen molar-refractivity contribution in [2.24, 2.45) is 5.92 Å². The summed E-state index contributed by atoms with van der Waals surface area (Å²) in [6.07, 6.45) is 7.03. The molecule has 2 aliphatic rings. The molecule has 3 atom stereocenters. The van der Waals surface area contributed by atoms with Gasteiger partial charge < -0.3 is 0 Å². The van der Waals surface area contributed by atoms with Crippen molar-refractivity contribution in [2.75, 3.05) is 0 Å².